The van der Waals surface area contributed by atoms with Gasteiger partial charge in [0, 0.05) is 10.6 Å². The predicted octanol–water partition coefficient (Wildman–Crippen LogP) is 3.25. The van der Waals surface area contributed by atoms with E-state index in [1.54, 1.807) is 17.0 Å². The molecule has 2 heterocycles. The third kappa shape index (κ3) is 2.15. The summed E-state index contributed by atoms with van der Waals surface area (Å²) in [5, 5.41) is 12.9. The van der Waals surface area contributed by atoms with Crippen molar-refractivity contribution in [2.45, 2.75) is 13.5 Å². The summed E-state index contributed by atoms with van der Waals surface area (Å²) in [6.45, 7) is 2.12. The third-order valence-electron chi connectivity index (χ3n) is 4.08. The van der Waals surface area contributed by atoms with Crippen LogP contribution in [0.15, 0.2) is 41.6 Å². The van der Waals surface area contributed by atoms with Crippen molar-refractivity contribution in [3.8, 4) is 0 Å². The summed E-state index contributed by atoms with van der Waals surface area (Å²) in [4.78, 5) is 21.9. The van der Waals surface area contributed by atoms with Crippen LogP contribution in [0, 0.1) is 6.92 Å². The second-order valence-corrected chi connectivity index (χ2v) is 6.10. The largest absolute Gasteiger partial charge is 0.410 e. The zero-order chi connectivity index (χ0) is 16.8. The molecule has 120 valence electrons. The third-order valence-corrected chi connectivity index (χ3v) is 4.30. The van der Waals surface area contributed by atoms with Crippen molar-refractivity contribution in [1.82, 2.24) is 9.97 Å². The minimum Gasteiger partial charge on any atom is -0.410 e. The van der Waals surface area contributed by atoms with Crippen LogP contribution >= 0.6 is 11.6 Å². The molecule has 0 radical (unpaired) electrons. The Bertz CT molecular complexity index is 976. The zero-order valence-electron chi connectivity index (χ0n) is 12.7. The number of hydrogen-bond acceptors (Lipinski definition) is 4. The molecule has 1 amide bonds. The molecule has 7 heteroatoms. The molecule has 2 N–H and O–H groups in total. The van der Waals surface area contributed by atoms with Crippen molar-refractivity contribution < 1.29 is 10.0 Å². The Morgan fingerprint density at radius 2 is 2.12 bits per heavy atom. The van der Waals surface area contributed by atoms with Crippen LogP contribution in [-0.4, -0.2) is 26.8 Å². The van der Waals surface area contributed by atoms with Gasteiger partial charge in [-0.25, -0.2) is 4.98 Å². The summed E-state index contributed by atoms with van der Waals surface area (Å²) in [7, 11) is 0. The van der Waals surface area contributed by atoms with Gasteiger partial charge in [0.15, 0.2) is 5.71 Å². The van der Waals surface area contributed by atoms with Crippen LogP contribution < -0.4 is 4.90 Å². The van der Waals surface area contributed by atoms with Gasteiger partial charge in [-0.05, 0) is 36.8 Å². The maximum Gasteiger partial charge on any atom is 0.281 e. The number of rotatable bonds is 2. The van der Waals surface area contributed by atoms with Gasteiger partial charge < -0.3 is 10.2 Å². The van der Waals surface area contributed by atoms with Crippen molar-refractivity contribution >= 4 is 39.9 Å². The first-order valence-corrected chi connectivity index (χ1v) is 7.74. The number of para-hydroxylation sites is 2. The van der Waals surface area contributed by atoms with E-state index in [0.717, 1.165) is 16.6 Å². The predicted molar refractivity (Wildman–Crippen MR) is 91.8 cm³/mol. The van der Waals surface area contributed by atoms with E-state index in [-0.39, 0.29) is 18.2 Å². The smallest absolute Gasteiger partial charge is 0.281 e. The maximum atomic E-state index is 12.6. The lowest BCUT2D eigenvalue weighted by Gasteiger charge is -2.17. The number of amides is 1. The molecular weight excluding hydrogens is 328 g/mol. The Hall–Kier alpha value is -2.86. The molecule has 1 aromatic heterocycles. The number of nitrogens with one attached hydrogen (secondary N) is 1. The summed E-state index contributed by atoms with van der Waals surface area (Å²) >= 11 is 6.08. The van der Waals surface area contributed by atoms with Gasteiger partial charge in [0.25, 0.3) is 5.91 Å². The fourth-order valence-electron chi connectivity index (χ4n) is 3.10. The van der Waals surface area contributed by atoms with Crippen LogP contribution in [0.2, 0.25) is 5.02 Å². The fourth-order valence-corrected chi connectivity index (χ4v) is 3.37. The van der Waals surface area contributed by atoms with E-state index in [0.29, 0.717) is 22.1 Å². The van der Waals surface area contributed by atoms with Crippen LogP contribution in [0.25, 0.3) is 11.0 Å². The highest BCUT2D eigenvalue weighted by Crippen LogP contribution is 2.36. The molecule has 1 aliphatic rings. The second kappa shape index (κ2) is 5.35. The van der Waals surface area contributed by atoms with Gasteiger partial charge in [-0.2, -0.15) is 0 Å². The number of aromatic nitrogens is 2. The zero-order valence-corrected chi connectivity index (χ0v) is 13.5. The van der Waals surface area contributed by atoms with E-state index in [9.17, 15) is 10.0 Å². The Morgan fingerprint density at radius 1 is 1.33 bits per heavy atom. The Balaban J connectivity index is 1.80. The molecule has 0 spiro atoms. The first-order chi connectivity index (χ1) is 11.6. The summed E-state index contributed by atoms with van der Waals surface area (Å²) in [5.74, 6) is 0.280. The standard InChI is InChI=1S/C17H13ClN4O2/c1-9-6-10(18)7-11-15(21-24)17(23)22(16(9)11)8-14-19-12-4-2-3-5-13(12)20-14/h2-7,24H,8H2,1H3,(H,19,20)/b21-15-. The van der Waals surface area contributed by atoms with Crippen molar-refractivity contribution in [2.24, 2.45) is 5.16 Å². The molecule has 0 aliphatic carbocycles. The molecule has 2 aromatic carbocycles. The lowest BCUT2D eigenvalue weighted by Crippen LogP contribution is -2.30. The van der Waals surface area contributed by atoms with E-state index < -0.39 is 0 Å². The lowest BCUT2D eigenvalue weighted by atomic mass is 10.1. The minimum absolute atomic E-state index is 0.00767. The van der Waals surface area contributed by atoms with Crippen LogP contribution in [0.1, 0.15) is 17.0 Å². The fraction of sp³-hybridized carbons (Fsp3) is 0.118. The molecule has 0 fully saturated rings. The number of carbonyl (C=O) groups is 1. The Labute approximate surface area is 142 Å². The van der Waals surface area contributed by atoms with Crippen molar-refractivity contribution in [1.29, 1.82) is 0 Å². The minimum atomic E-state index is -0.377. The Kier molecular flexibility index (Phi) is 3.28. The monoisotopic (exact) mass is 340 g/mol. The molecule has 0 bridgehead atoms. The van der Waals surface area contributed by atoms with E-state index >= 15 is 0 Å². The number of benzene rings is 2. The van der Waals surface area contributed by atoms with Gasteiger partial charge in [0.05, 0.1) is 23.3 Å². The van der Waals surface area contributed by atoms with Crippen LogP contribution in [0.5, 0.6) is 0 Å². The molecular formula is C17H13ClN4O2. The summed E-state index contributed by atoms with van der Waals surface area (Å²) < 4.78 is 0. The second-order valence-electron chi connectivity index (χ2n) is 5.66. The van der Waals surface area contributed by atoms with E-state index in [4.69, 9.17) is 11.6 Å². The van der Waals surface area contributed by atoms with Gasteiger partial charge in [-0.15, -0.1) is 0 Å². The van der Waals surface area contributed by atoms with E-state index in [1.807, 2.05) is 31.2 Å². The van der Waals surface area contributed by atoms with Crippen LogP contribution in [0.4, 0.5) is 5.69 Å². The summed E-state index contributed by atoms with van der Waals surface area (Å²) in [6.07, 6.45) is 0. The van der Waals surface area contributed by atoms with Gasteiger partial charge >= 0.3 is 0 Å². The SMILES string of the molecule is Cc1cc(Cl)cc2c1N(Cc1nc3ccccc3[nH]1)C(=O)/C2=N\O. The number of nitrogens with zero attached hydrogens (tertiary/aromatic N) is 3. The number of hydrogen-bond donors (Lipinski definition) is 2. The highest BCUT2D eigenvalue weighted by atomic mass is 35.5. The molecule has 0 saturated heterocycles. The average Bonchev–Trinajstić information content (AvgIpc) is 3.06. The normalized spacial score (nSPS) is 15.5. The summed E-state index contributed by atoms with van der Waals surface area (Å²) in [5.41, 5.74) is 3.79. The number of carbonyl (C=O) groups excluding carboxylic acids is 1. The highest BCUT2D eigenvalue weighted by molar-refractivity contribution is 6.54. The number of aromatic amines is 1. The van der Waals surface area contributed by atoms with Crippen molar-refractivity contribution in [2.75, 3.05) is 4.90 Å². The van der Waals surface area contributed by atoms with Gasteiger partial charge in [-0.3, -0.25) is 9.69 Å². The molecule has 0 saturated carbocycles. The molecule has 1 aliphatic heterocycles. The number of oxime groups is 1. The first kappa shape index (κ1) is 14.7. The number of anilines is 1. The molecule has 0 atom stereocenters. The Morgan fingerprint density at radius 3 is 2.88 bits per heavy atom. The van der Waals surface area contributed by atoms with Crippen molar-refractivity contribution in [3.63, 3.8) is 0 Å². The molecule has 0 unspecified atom stereocenters. The molecule has 24 heavy (non-hydrogen) atoms. The van der Waals surface area contributed by atoms with Crippen molar-refractivity contribution in [3.05, 3.63) is 58.4 Å². The van der Waals surface area contributed by atoms with Gasteiger partial charge in [0.2, 0.25) is 0 Å². The highest BCUT2D eigenvalue weighted by Gasteiger charge is 2.36. The topological polar surface area (TPSA) is 81.6 Å². The molecule has 3 aromatic rings. The first-order valence-electron chi connectivity index (χ1n) is 7.36. The lowest BCUT2D eigenvalue weighted by molar-refractivity contribution is -0.112. The quantitative estimate of drug-likeness (QED) is 0.555. The number of fused-ring (bicyclic) bond motifs is 2. The van der Waals surface area contributed by atoms with E-state index in [1.165, 1.54) is 0 Å². The van der Waals surface area contributed by atoms with Gasteiger partial charge in [-0.1, -0.05) is 28.9 Å². The number of imidazole rings is 1. The number of aryl methyl sites for hydroxylation is 1. The maximum absolute atomic E-state index is 12.6. The molecule has 4 rings (SSSR count). The van der Waals surface area contributed by atoms with Crippen LogP contribution in [-0.2, 0) is 11.3 Å². The number of halogens is 1. The van der Waals surface area contributed by atoms with E-state index in [2.05, 4.69) is 15.1 Å². The summed E-state index contributed by atoms with van der Waals surface area (Å²) in [6, 6.07) is 11.1. The van der Waals surface area contributed by atoms with Gasteiger partial charge in [0.1, 0.15) is 5.82 Å². The molecule has 6 nitrogen and oxygen atoms in total. The average molecular weight is 341 g/mol. The van der Waals surface area contributed by atoms with Crippen LogP contribution in [0.3, 0.4) is 0 Å². The number of H-pyrrole nitrogens is 1.